The standard InChI is InChI=1S/C34H66O6.H3N/c1-4-6-8-10-12-14-16-18-20-22-24-26-33(35)39-31-32(30-38-29-28-37-3)40-34(36)27-25-23-21-19-17-15-13-11-9-7-5-2;/h32H,4-31H2,1-3H3;1H3. The van der Waals surface area contributed by atoms with Crippen molar-refractivity contribution >= 4 is 11.9 Å². The number of esters is 2. The topological polar surface area (TPSA) is 106 Å². The smallest absolute Gasteiger partial charge is 0.306 e. The Morgan fingerprint density at radius 1 is 0.512 bits per heavy atom. The van der Waals surface area contributed by atoms with Gasteiger partial charge in [0.05, 0.1) is 19.8 Å². The van der Waals surface area contributed by atoms with Crippen molar-refractivity contribution < 1.29 is 28.5 Å². The Morgan fingerprint density at radius 2 is 0.902 bits per heavy atom. The molecule has 0 amide bonds. The lowest BCUT2D eigenvalue weighted by Crippen LogP contribution is -2.30. The van der Waals surface area contributed by atoms with Gasteiger partial charge in [-0.25, -0.2) is 0 Å². The fourth-order valence-electron chi connectivity index (χ4n) is 4.84. The van der Waals surface area contributed by atoms with E-state index < -0.39 is 6.10 Å². The molecular formula is C34H69NO6. The molecule has 1 unspecified atom stereocenters. The van der Waals surface area contributed by atoms with E-state index in [9.17, 15) is 9.59 Å². The van der Waals surface area contributed by atoms with Crippen LogP contribution in [0.25, 0.3) is 0 Å². The van der Waals surface area contributed by atoms with Crippen molar-refractivity contribution in [1.29, 1.82) is 0 Å². The normalized spacial score (nSPS) is 11.7. The first-order valence-corrected chi connectivity index (χ1v) is 17.1. The first-order chi connectivity index (χ1) is 19.6. The van der Waals surface area contributed by atoms with Gasteiger partial charge in [-0.1, -0.05) is 142 Å². The van der Waals surface area contributed by atoms with Crippen molar-refractivity contribution in [3.8, 4) is 0 Å². The molecule has 0 saturated carbocycles. The third kappa shape index (κ3) is 33.2. The van der Waals surface area contributed by atoms with Crippen LogP contribution < -0.4 is 6.15 Å². The maximum absolute atomic E-state index is 12.4. The second-order valence-electron chi connectivity index (χ2n) is 11.4. The van der Waals surface area contributed by atoms with Crippen LogP contribution in [-0.2, 0) is 28.5 Å². The van der Waals surface area contributed by atoms with E-state index in [1.54, 1.807) is 7.11 Å². The molecule has 0 aromatic heterocycles. The number of hydrogen-bond donors (Lipinski definition) is 1. The highest BCUT2D eigenvalue weighted by Crippen LogP contribution is 2.14. The lowest BCUT2D eigenvalue weighted by molar-refractivity contribution is -0.163. The number of unbranched alkanes of at least 4 members (excludes halogenated alkanes) is 20. The summed E-state index contributed by atoms with van der Waals surface area (Å²) in [5.74, 6) is -0.461. The Kier molecular flexibility index (Phi) is 35.8. The number of methoxy groups -OCH3 is 1. The van der Waals surface area contributed by atoms with Gasteiger partial charge in [0, 0.05) is 20.0 Å². The second kappa shape index (κ2) is 35.0. The van der Waals surface area contributed by atoms with Crippen molar-refractivity contribution in [2.75, 3.05) is 33.5 Å². The lowest BCUT2D eigenvalue weighted by atomic mass is 10.1. The zero-order chi connectivity index (χ0) is 29.4. The van der Waals surface area contributed by atoms with E-state index in [1.165, 1.54) is 116 Å². The lowest BCUT2D eigenvalue weighted by Gasteiger charge is -2.18. The van der Waals surface area contributed by atoms with Crippen molar-refractivity contribution in [3.05, 3.63) is 0 Å². The molecular weight excluding hydrogens is 518 g/mol. The van der Waals surface area contributed by atoms with Gasteiger partial charge in [-0.05, 0) is 12.8 Å². The molecule has 3 N–H and O–H groups in total. The molecule has 0 spiro atoms. The highest BCUT2D eigenvalue weighted by molar-refractivity contribution is 5.70. The predicted octanol–water partition coefficient (Wildman–Crippen LogP) is 9.67. The SMILES string of the molecule is CCCCCCCCCCCCCC(=O)OCC(COCCOC)OC(=O)CCCCCCCCCCCCC.N. The molecule has 0 heterocycles. The summed E-state index contributed by atoms with van der Waals surface area (Å²) in [6.45, 7) is 5.64. The largest absolute Gasteiger partial charge is 0.462 e. The molecule has 1 atom stereocenters. The third-order valence-corrected chi connectivity index (χ3v) is 7.43. The fourth-order valence-corrected chi connectivity index (χ4v) is 4.84. The van der Waals surface area contributed by atoms with E-state index in [0.29, 0.717) is 26.1 Å². The molecule has 0 aliphatic heterocycles. The molecule has 0 aromatic rings. The minimum absolute atomic E-state index is 0. The van der Waals surface area contributed by atoms with Crippen molar-refractivity contribution in [1.82, 2.24) is 6.15 Å². The Balaban J connectivity index is 0. The maximum Gasteiger partial charge on any atom is 0.306 e. The highest BCUT2D eigenvalue weighted by atomic mass is 16.6. The average Bonchev–Trinajstić information content (AvgIpc) is 2.95. The van der Waals surface area contributed by atoms with E-state index in [-0.39, 0.29) is 31.3 Å². The maximum atomic E-state index is 12.4. The molecule has 0 rings (SSSR count). The minimum Gasteiger partial charge on any atom is -0.462 e. The van der Waals surface area contributed by atoms with Gasteiger partial charge in [-0.2, -0.15) is 0 Å². The van der Waals surface area contributed by atoms with E-state index in [4.69, 9.17) is 18.9 Å². The molecule has 0 aromatic carbocycles. The summed E-state index contributed by atoms with van der Waals surface area (Å²) in [7, 11) is 1.62. The van der Waals surface area contributed by atoms with Gasteiger partial charge in [0.15, 0.2) is 6.10 Å². The molecule has 7 nitrogen and oxygen atoms in total. The first-order valence-electron chi connectivity index (χ1n) is 17.1. The van der Waals surface area contributed by atoms with Crippen LogP contribution in [0.4, 0.5) is 0 Å². The van der Waals surface area contributed by atoms with Crippen LogP contribution in [0.2, 0.25) is 0 Å². The molecule has 0 radical (unpaired) electrons. The van der Waals surface area contributed by atoms with Crippen LogP contribution in [0.5, 0.6) is 0 Å². The van der Waals surface area contributed by atoms with Crippen molar-refractivity contribution in [3.63, 3.8) is 0 Å². The number of ether oxygens (including phenoxy) is 4. The zero-order valence-electron chi connectivity index (χ0n) is 27.5. The van der Waals surface area contributed by atoms with Crippen LogP contribution in [0, 0.1) is 0 Å². The van der Waals surface area contributed by atoms with E-state index in [2.05, 4.69) is 13.8 Å². The minimum atomic E-state index is -0.571. The summed E-state index contributed by atoms with van der Waals surface area (Å²) in [4.78, 5) is 24.6. The molecule has 0 aliphatic rings. The number of rotatable bonds is 32. The monoisotopic (exact) mass is 588 g/mol. The molecule has 0 saturated heterocycles. The first kappa shape index (κ1) is 42.0. The summed E-state index contributed by atoms with van der Waals surface area (Å²) in [6.07, 6.45) is 27.6. The number of carbonyl (C=O) groups is 2. The summed E-state index contributed by atoms with van der Waals surface area (Å²) in [6, 6.07) is 0. The van der Waals surface area contributed by atoms with Gasteiger partial charge in [0.1, 0.15) is 6.61 Å². The predicted molar refractivity (Wildman–Crippen MR) is 171 cm³/mol. The van der Waals surface area contributed by atoms with Crippen LogP contribution in [0.1, 0.15) is 168 Å². The summed E-state index contributed by atoms with van der Waals surface area (Å²) < 4.78 is 21.6. The van der Waals surface area contributed by atoms with E-state index in [0.717, 1.165) is 25.7 Å². The Morgan fingerprint density at radius 3 is 1.32 bits per heavy atom. The Bertz CT molecular complexity index is 545. The quantitative estimate of drug-likeness (QED) is 0.0616. The number of hydrogen-bond acceptors (Lipinski definition) is 7. The van der Waals surface area contributed by atoms with Gasteiger partial charge >= 0.3 is 11.9 Å². The second-order valence-corrected chi connectivity index (χ2v) is 11.4. The number of carbonyl (C=O) groups excluding carboxylic acids is 2. The van der Waals surface area contributed by atoms with Gasteiger partial charge < -0.3 is 25.1 Å². The van der Waals surface area contributed by atoms with Gasteiger partial charge in [-0.3, -0.25) is 9.59 Å². The molecule has 0 bridgehead atoms. The Hall–Kier alpha value is -1.18. The van der Waals surface area contributed by atoms with E-state index in [1.807, 2.05) is 0 Å². The molecule has 7 heteroatoms. The van der Waals surface area contributed by atoms with Crippen molar-refractivity contribution in [2.45, 2.75) is 174 Å². The molecule has 41 heavy (non-hydrogen) atoms. The third-order valence-electron chi connectivity index (χ3n) is 7.43. The zero-order valence-corrected chi connectivity index (χ0v) is 27.5. The van der Waals surface area contributed by atoms with Crippen molar-refractivity contribution in [2.24, 2.45) is 0 Å². The van der Waals surface area contributed by atoms with E-state index >= 15 is 0 Å². The highest BCUT2D eigenvalue weighted by Gasteiger charge is 2.17. The van der Waals surface area contributed by atoms with Crippen LogP contribution in [0.15, 0.2) is 0 Å². The summed E-state index contributed by atoms with van der Waals surface area (Å²) in [5, 5.41) is 0. The molecule has 0 aliphatic carbocycles. The van der Waals surface area contributed by atoms with Gasteiger partial charge in [0.2, 0.25) is 0 Å². The average molecular weight is 588 g/mol. The van der Waals surface area contributed by atoms with Crippen LogP contribution in [0.3, 0.4) is 0 Å². The molecule has 246 valence electrons. The van der Waals surface area contributed by atoms with Gasteiger partial charge in [0.25, 0.3) is 0 Å². The summed E-state index contributed by atoms with van der Waals surface area (Å²) >= 11 is 0. The van der Waals surface area contributed by atoms with Crippen LogP contribution in [-0.4, -0.2) is 51.6 Å². The summed E-state index contributed by atoms with van der Waals surface area (Å²) in [5.41, 5.74) is 0. The molecule has 0 fully saturated rings. The Labute approximate surface area is 254 Å². The fraction of sp³-hybridized carbons (Fsp3) is 0.941. The van der Waals surface area contributed by atoms with Crippen LogP contribution >= 0.6 is 0 Å². The van der Waals surface area contributed by atoms with Gasteiger partial charge in [-0.15, -0.1) is 0 Å².